The second kappa shape index (κ2) is 10.5. The number of carbonyl (C=O) groups excluding carboxylic acids is 2. The molecule has 0 unspecified atom stereocenters. The minimum atomic E-state index is -0.421. The zero-order valence-corrected chi connectivity index (χ0v) is 22.7. The van der Waals surface area contributed by atoms with Gasteiger partial charge in [-0.3, -0.25) is 9.59 Å². The van der Waals surface area contributed by atoms with Crippen LogP contribution in [0.5, 0.6) is 0 Å². The summed E-state index contributed by atoms with van der Waals surface area (Å²) in [5, 5.41) is 4.74. The average Bonchev–Trinajstić information content (AvgIpc) is 2.81. The van der Waals surface area contributed by atoms with Gasteiger partial charge in [-0.1, -0.05) is 96.0 Å². The van der Waals surface area contributed by atoms with Crippen molar-refractivity contribution in [2.45, 2.75) is 66.2 Å². The van der Waals surface area contributed by atoms with Crippen molar-refractivity contribution in [3.8, 4) is 11.8 Å². The minimum absolute atomic E-state index is 0.0767. The van der Waals surface area contributed by atoms with Crippen molar-refractivity contribution in [3.63, 3.8) is 0 Å². The molecule has 0 aliphatic rings. The highest BCUT2D eigenvalue weighted by Crippen LogP contribution is 2.32. The number of carbonyl (C=O) groups is 2. The van der Waals surface area contributed by atoms with Crippen molar-refractivity contribution in [3.05, 3.63) is 95.1 Å². The van der Waals surface area contributed by atoms with Crippen LogP contribution in [-0.2, 0) is 15.6 Å². The Kier molecular flexibility index (Phi) is 7.85. The van der Waals surface area contributed by atoms with Crippen LogP contribution in [0.1, 0.15) is 82.4 Å². The SMILES string of the molecule is CC#Cc1cc(C(C)(C)C)c2ccccc2c1.CC(=O)C(=O)c1cc(C(C)(C)C)c2ccccc2c1. The van der Waals surface area contributed by atoms with E-state index in [1.807, 2.05) is 31.2 Å². The minimum Gasteiger partial charge on any atom is -0.291 e. The predicted molar refractivity (Wildman–Crippen MR) is 153 cm³/mol. The molecular formula is C34H36O2. The quantitative estimate of drug-likeness (QED) is 0.165. The van der Waals surface area contributed by atoms with Crippen LogP contribution in [0.25, 0.3) is 21.5 Å². The van der Waals surface area contributed by atoms with E-state index < -0.39 is 11.6 Å². The van der Waals surface area contributed by atoms with Crippen LogP contribution in [0, 0.1) is 11.8 Å². The first-order valence-corrected chi connectivity index (χ1v) is 12.4. The lowest BCUT2D eigenvalue weighted by Crippen LogP contribution is -2.15. The molecule has 4 aromatic rings. The number of benzene rings is 4. The fourth-order valence-electron chi connectivity index (χ4n) is 4.41. The monoisotopic (exact) mass is 476 g/mol. The van der Waals surface area contributed by atoms with E-state index in [4.69, 9.17) is 0 Å². The number of ketones is 2. The van der Waals surface area contributed by atoms with E-state index in [1.165, 1.54) is 23.3 Å². The van der Waals surface area contributed by atoms with Gasteiger partial charge in [-0.25, -0.2) is 0 Å². The van der Waals surface area contributed by atoms with Gasteiger partial charge in [0, 0.05) is 18.1 Å². The number of hydrogen-bond acceptors (Lipinski definition) is 2. The number of Topliss-reactive ketones (excluding diaryl/α,β-unsaturated/α-hetero) is 2. The Bertz CT molecular complexity index is 1500. The fraction of sp³-hybridized carbons (Fsp3) is 0.294. The molecule has 4 rings (SSSR count). The van der Waals surface area contributed by atoms with E-state index in [0.717, 1.165) is 21.9 Å². The standard InChI is InChI=1S/C17H18O2.C17H18/c1-11(18)16(19)13-9-12-7-5-6-8-14(12)15(10-13)17(2,3)4;1-5-8-13-11-14-9-6-7-10-15(14)16(12-13)17(2,3)4/h5-10H,1-4H3;6-7,9-12H,1-4H3. The van der Waals surface area contributed by atoms with Gasteiger partial charge in [0.15, 0.2) is 5.78 Å². The fourth-order valence-corrected chi connectivity index (χ4v) is 4.41. The maximum atomic E-state index is 11.9. The lowest BCUT2D eigenvalue weighted by Gasteiger charge is -2.22. The van der Waals surface area contributed by atoms with Gasteiger partial charge in [0.2, 0.25) is 5.78 Å². The molecule has 0 aliphatic carbocycles. The number of fused-ring (bicyclic) bond motifs is 2. The Morgan fingerprint density at radius 3 is 1.61 bits per heavy atom. The van der Waals surface area contributed by atoms with Gasteiger partial charge in [-0.05, 0) is 74.7 Å². The Labute approximate surface area is 215 Å². The van der Waals surface area contributed by atoms with E-state index in [1.54, 1.807) is 6.07 Å². The van der Waals surface area contributed by atoms with Crippen LogP contribution in [0.4, 0.5) is 0 Å². The van der Waals surface area contributed by atoms with Crippen LogP contribution >= 0.6 is 0 Å². The second-order valence-corrected chi connectivity index (χ2v) is 11.3. The molecule has 36 heavy (non-hydrogen) atoms. The molecular weight excluding hydrogens is 440 g/mol. The molecule has 0 saturated heterocycles. The third-order valence-corrected chi connectivity index (χ3v) is 6.19. The van der Waals surface area contributed by atoms with Crippen LogP contribution in [0.3, 0.4) is 0 Å². The van der Waals surface area contributed by atoms with Gasteiger partial charge in [-0.15, -0.1) is 5.92 Å². The first kappa shape index (κ1) is 26.9. The molecule has 0 radical (unpaired) electrons. The molecule has 0 spiro atoms. The van der Waals surface area contributed by atoms with Gasteiger partial charge in [-0.2, -0.15) is 0 Å². The maximum absolute atomic E-state index is 11.9. The van der Waals surface area contributed by atoms with E-state index in [0.29, 0.717) is 5.56 Å². The number of rotatable bonds is 2. The summed E-state index contributed by atoms with van der Waals surface area (Å²) in [6.45, 7) is 16.3. The van der Waals surface area contributed by atoms with Gasteiger partial charge in [0.25, 0.3) is 0 Å². The molecule has 0 aliphatic heterocycles. The first-order chi connectivity index (χ1) is 16.8. The molecule has 0 heterocycles. The smallest absolute Gasteiger partial charge is 0.228 e. The van der Waals surface area contributed by atoms with Crippen molar-refractivity contribution in [1.29, 1.82) is 0 Å². The molecule has 0 N–H and O–H groups in total. The Balaban J connectivity index is 0.000000202. The number of hydrogen-bond donors (Lipinski definition) is 0. The average molecular weight is 477 g/mol. The summed E-state index contributed by atoms with van der Waals surface area (Å²) in [6.07, 6.45) is 0. The van der Waals surface area contributed by atoms with Crippen molar-refractivity contribution in [2.24, 2.45) is 0 Å². The van der Waals surface area contributed by atoms with E-state index in [-0.39, 0.29) is 10.8 Å². The highest BCUT2D eigenvalue weighted by Gasteiger charge is 2.21. The van der Waals surface area contributed by atoms with Gasteiger partial charge < -0.3 is 0 Å². The van der Waals surface area contributed by atoms with Gasteiger partial charge >= 0.3 is 0 Å². The predicted octanol–water partition coefficient (Wildman–Crippen LogP) is 8.42. The molecule has 184 valence electrons. The van der Waals surface area contributed by atoms with Crippen molar-refractivity contribution in [1.82, 2.24) is 0 Å². The van der Waals surface area contributed by atoms with Crippen molar-refractivity contribution >= 4 is 33.1 Å². The molecule has 0 fully saturated rings. The summed E-state index contributed by atoms with van der Waals surface area (Å²) in [7, 11) is 0. The molecule has 0 amide bonds. The van der Waals surface area contributed by atoms with E-state index in [2.05, 4.69) is 95.8 Å². The van der Waals surface area contributed by atoms with Crippen LogP contribution < -0.4 is 0 Å². The third-order valence-electron chi connectivity index (χ3n) is 6.19. The maximum Gasteiger partial charge on any atom is 0.228 e. The molecule has 2 heteroatoms. The topological polar surface area (TPSA) is 34.1 Å². The van der Waals surface area contributed by atoms with Crippen molar-refractivity contribution in [2.75, 3.05) is 0 Å². The highest BCUT2D eigenvalue weighted by molar-refractivity contribution is 6.43. The largest absolute Gasteiger partial charge is 0.291 e. The molecule has 0 atom stereocenters. The van der Waals surface area contributed by atoms with E-state index in [9.17, 15) is 9.59 Å². The Hall–Kier alpha value is -3.70. The Morgan fingerprint density at radius 1 is 0.667 bits per heavy atom. The second-order valence-electron chi connectivity index (χ2n) is 11.3. The summed E-state index contributed by atoms with van der Waals surface area (Å²) in [4.78, 5) is 23.2. The lowest BCUT2D eigenvalue weighted by molar-refractivity contribution is -0.113. The van der Waals surface area contributed by atoms with Crippen LogP contribution in [0.15, 0.2) is 72.8 Å². The zero-order valence-electron chi connectivity index (χ0n) is 22.7. The third kappa shape index (κ3) is 6.10. The summed E-state index contributed by atoms with van der Waals surface area (Å²) in [5.74, 6) is 5.30. The normalized spacial score (nSPS) is 11.3. The van der Waals surface area contributed by atoms with Crippen molar-refractivity contribution < 1.29 is 9.59 Å². The van der Waals surface area contributed by atoms with Crippen LogP contribution in [0.2, 0.25) is 0 Å². The molecule has 4 aromatic carbocycles. The first-order valence-electron chi connectivity index (χ1n) is 12.4. The summed E-state index contributed by atoms with van der Waals surface area (Å²) in [6, 6.07) is 24.5. The lowest BCUT2D eigenvalue weighted by atomic mass is 9.82. The van der Waals surface area contributed by atoms with Gasteiger partial charge in [0.1, 0.15) is 0 Å². The highest BCUT2D eigenvalue weighted by atomic mass is 16.2. The van der Waals surface area contributed by atoms with Crippen LogP contribution in [-0.4, -0.2) is 11.6 Å². The molecule has 0 bridgehead atoms. The zero-order chi connectivity index (χ0) is 26.7. The summed E-state index contributed by atoms with van der Waals surface area (Å²) >= 11 is 0. The summed E-state index contributed by atoms with van der Waals surface area (Å²) < 4.78 is 0. The molecule has 2 nitrogen and oxygen atoms in total. The Morgan fingerprint density at radius 2 is 1.14 bits per heavy atom. The molecule has 0 saturated carbocycles. The van der Waals surface area contributed by atoms with Gasteiger partial charge in [0.05, 0.1) is 0 Å². The van der Waals surface area contributed by atoms with E-state index >= 15 is 0 Å². The molecule has 0 aromatic heterocycles. The summed E-state index contributed by atoms with van der Waals surface area (Å²) in [5.41, 5.74) is 4.12.